The second kappa shape index (κ2) is 3.38. The fourth-order valence-electron chi connectivity index (χ4n) is 1.52. The van der Waals surface area contributed by atoms with Gasteiger partial charge in [-0.2, -0.15) is 0 Å². The van der Waals surface area contributed by atoms with Crippen LogP contribution in [0.25, 0.3) is 0 Å². The number of anilines is 1. The molecule has 1 atom stereocenters. The molecule has 0 aliphatic heterocycles. The average molecular weight is 177 g/mol. The molecule has 3 N–H and O–H groups in total. The molecule has 0 radical (unpaired) electrons. The lowest BCUT2D eigenvalue weighted by molar-refractivity contribution is 0.160. The van der Waals surface area contributed by atoms with E-state index in [4.69, 9.17) is 5.73 Å². The molecule has 1 saturated carbocycles. The number of nitrogens with two attached hydrogens (primary N) is 1. The molecular formula is C11H15NO. The summed E-state index contributed by atoms with van der Waals surface area (Å²) in [6, 6.07) is 7.49. The van der Waals surface area contributed by atoms with Gasteiger partial charge >= 0.3 is 0 Å². The first-order chi connectivity index (χ1) is 6.25. The van der Waals surface area contributed by atoms with E-state index in [1.807, 2.05) is 24.3 Å². The molecule has 2 nitrogen and oxygen atoms in total. The lowest BCUT2D eigenvalue weighted by Gasteiger charge is -2.09. The van der Waals surface area contributed by atoms with Gasteiger partial charge in [0.25, 0.3) is 0 Å². The number of hydrogen-bond donors (Lipinski definition) is 2. The van der Waals surface area contributed by atoms with E-state index in [1.54, 1.807) is 0 Å². The van der Waals surface area contributed by atoms with Gasteiger partial charge in [0.2, 0.25) is 0 Å². The molecule has 0 amide bonds. The van der Waals surface area contributed by atoms with E-state index >= 15 is 0 Å². The average Bonchev–Trinajstić information content (AvgIpc) is 2.89. The first-order valence-corrected chi connectivity index (χ1v) is 4.79. The number of aliphatic hydroxyl groups is 1. The number of benzene rings is 1. The standard InChI is InChI=1S/C11H15NO/c12-10-5-3-9(4-6-10)11(13)7-8-1-2-8/h3-6,8,11,13H,1-2,7,12H2. The molecule has 2 heteroatoms. The van der Waals surface area contributed by atoms with Crippen LogP contribution in [0.4, 0.5) is 5.69 Å². The van der Waals surface area contributed by atoms with Crippen LogP contribution in [0.1, 0.15) is 30.9 Å². The molecule has 70 valence electrons. The maximum Gasteiger partial charge on any atom is 0.0792 e. The Morgan fingerprint density at radius 2 is 1.92 bits per heavy atom. The highest BCUT2D eigenvalue weighted by Crippen LogP contribution is 2.37. The van der Waals surface area contributed by atoms with Gasteiger partial charge in [0, 0.05) is 5.69 Å². The molecule has 13 heavy (non-hydrogen) atoms. The minimum Gasteiger partial charge on any atom is -0.399 e. The molecule has 1 aromatic carbocycles. The van der Waals surface area contributed by atoms with Crippen molar-refractivity contribution in [2.24, 2.45) is 5.92 Å². The molecule has 0 heterocycles. The van der Waals surface area contributed by atoms with E-state index in [0.29, 0.717) is 0 Å². The van der Waals surface area contributed by atoms with Gasteiger partial charge in [0.05, 0.1) is 6.10 Å². The molecule has 1 unspecified atom stereocenters. The molecule has 0 saturated heterocycles. The summed E-state index contributed by atoms with van der Waals surface area (Å²) in [7, 11) is 0. The van der Waals surface area contributed by atoms with Crippen LogP contribution >= 0.6 is 0 Å². The van der Waals surface area contributed by atoms with E-state index in [0.717, 1.165) is 23.6 Å². The van der Waals surface area contributed by atoms with Gasteiger partial charge in [-0.25, -0.2) is 0 Å². The zero-order chi connectivity index (χ0) is 9.26. The van der Waals surface area contributed by atoms with Gasteiger partial charge < -0.3 is 10.8 Å². The summed E-state index contributed by atoms with van der Waals surface area (Å²) < 4.78 is 0. The van der Waals surface area contributed by atoms with E-state index in [9.17, 15) is 5.11 Å². The van der Waals surface area contributed by atoms with Crippen molar-refractivity contribution in [3.8, 4) is 0 Å². The fourth-order valence-corrected chi connectivity index (χ4v) is 1.52. The normalized spacial score (nSPS) is 18.5. The van der Waals surface area contributed by atoms with Gasteiger partial charge in [-0.05, 0) is 30.0 Å². The first kappa shape index (κ1) is 8.57. The van der Waals surface area contributed by atoms with Crippen molar-refractivity contribution in [3.63, 3.8) is 0 Å². The third kappa shape index (κ3) is 2.22. The highest BCUT2D eigenvalue weighted by atomic mass is 16.3. The minimum absolute atomic E-state index is 0.298. The number of aliphatic hydroxyl groups excluding tert-OH is 1. The lowest BCUT2D eigenvalue weighted by atomic mass is 10.0. The van der Waals surface area contributed by atoms with Gasteiger partial charge in [-0.3, -0.25) is 0 Å². The summed E-state index contributed by atoms with van der Waals surface area (Å²) in [6.07, 6.45) is 3.18. The molecular weight excluding hydrogens is 162 g/mol. The van der Waals surface area contributed by atoms with Gasteiger partial charge in [0.15, 0.2) is 0 Å². The first-order valence-electron chi connectivity index (χ1n) is 4.79. The van der Waals surface area contributed by atoms with E-state index in [1.165, 1.54) is 12.8 Å². The summed E-state index contributed by atoms with van der Waals surface area (Å²) in [5.41, 5.74) is 7.30. The summed E-state index contributed by atoms with van der Waals surface area (Å²) in [4.78, 5) is 0. The number of nitrogen functional groups attached to an aromatic ring is 1. The van der Waals surface area contributed by atoms with Crippen LogP contribution in [-0.2, 0) is 0 Å². The van der Waals surface area contributed by atoms with Crippen molar-refractivity contribution in [2.75, 3.05) is 5.73 Å². The van der Waals surface area contributed by atoms with Gasteiger partial charge in [0.1, 0.15) is 0 Å². The van der Waals surface area contributed by atoms with Crippen molar-refractivity contribution in [2.45, 2.75) is 25.4 Å². The van der Waals surface area contributed by atoms with Crippen molar-refractivity contribution in [1.29, 1.82) is 0 Å². The largest absolute Gasteiger partial charge is 0.399 e. The molecule has 1 aliphatic carbocycles. The lowest BCUT2D eigenvalue weighted by Crippen LogP contribution is -1.98. The molecule has 1 fully saturated rings. The topological polar surface area (TPSA) is 46.2 Å². The molecule has 0 bridgehead atoms. The second-order valence-electron chi connectivity index (χ2n) is 3.86. The summed E-state index contributed by atoms with van der Waals surface area (Å²) >= 11 is 0. The quantitative estimate of drug-likeness (QED) is 0.694. The summed E-state index contributed by atoms with van der Waals surface area (Å²) in [5.74, 6) is 0.757. The third-order valence-corrected chi connectivity index (χ3v) is 2.57. The number of rotatable bonds is 3. The van der Waals surface area contributed by atoms with Crippen LogP contribution in [0.2, 0.25) is 0 Å². The van der Waals surface area contributed by atoms with Crippen molar-refractivity contribution in [1.82, 2.24) is 0 Å². The Labute approximate surface area is 78.4 Å². The maximum absolute atomic E-state index is 9.78. The van der Waals surface area contributed by atoms with Crippen LogP contribution in [0.3, 0.4) is 0 Å². The van der Waals surface area contributed by atoms with Crippen LogP contribution in [0.5, 0.6) is 0 Å². The molecule has 1 aliphatic rings. The maximum atomic E-state index is 9.78. The van der Waals surface area contributed by atoms with Crippen LogP contribution in [0, 0.1) is 5.92 Å². The Balaban J connectivity index is 2.01. The van der Waals surface area contributed by atoms with Crippen molar-refractivity contribution < 1.29 is 5.11 Å². The van der Waals surface area contributed by atoms with Crippen molar-refractivity contribution >= 4 is 5.69 Å². The Kier molecular flexibility index (Phi) is 2.23. The minimum atomic E-state index is -0.298. The monoisotopic (exact) mass is 177 g/mol. The number of hydrogen-bond acceptors (Lipinski definition) is 2. The smallest absolute Gasteiger partial charge is 0.0792 e. The molecule has 0 aromatic heterocycles. The van der Waals surface area contributed by atoms with Gasteiger partial charge in [-0.15, -0.1) is 0 Å². The molecule has 2 rings (SSSR count). The second-order valence-corrected chi connectivity index (χ2v) is 3.86. The predicted molar refractivity (Wildman–Crippen MR) is 53.2 cm³/mol. The van der Waals surface area contributed by atoms with Crippen LogP contribution in [0.15, 0.2) is 24.3 Å². The Morgan fingerprint density at radius 3 is 2.46 bits per heavy atom. The third-order valence-electron chi connectivity index (χ3n) is 2.57. The Bertz CT molecular complexity index is 277. The summed E-state index contributed by atoms with van der Waals surface area (Å²) in [6.45, 7) is 0. The highest BCUT2D eigenvalue weighted by Gasteiger charge is 2.24. The molecule has 1 aromatic rings. The molecule has 0 spiro atoms. The Hall–Kier alpha value is -1.02. The fraction of sp³-hybridized carbons (Fsp3) is 0.455. The predicted octanol–water partition coefficient (Wildman–Crippen LogP) is 2.10. The van der Waals surface area contributed by atoms with E-state index in [-0.39, 0.29) is 6.10 Å². The zero-order valence-corrected chi connectivity index (χ0v) is 7.61. The summed E-state index contributed by atoms with van der Waals surface area (Å²) in [5, 5.41) is 9.78. The SMILES string of the molecule is Nc1ccc(C(O)CC2CC2)cc1. The van der Waals surface area contributed by atoms with E-state index in [2.05, 4.69) is 0 Å². The Morgan fingerprint density at radius 1 is 1.31 bits per heavy atom. The van der Waals surface area contributed by atoms with Crippen LogP contribution in [-0.4, -0.2) is 5.11 Å². The highest BCUT2D eigenvalue weighted by molar-refractivity contribution is 5.39. The van der Waals surface area contributed by atoms with Gasteiger partial charge in [-0.1, -0.05) is 25.0 Å². The van der Waals surface area contributed by atoms with E-state index < -0.39 is 0 Å². The zero-order valence-electron chi connectivity index (χ0n) is 7.61. The van der Waals surface area contributed by atoms with Crippen molar-refractivity contribution in [3.05, 3.63) is 29.8 Å². The van der Waals surface area contributed by atoms with Crippen LogP contribution < -0.4 is 5.73 Å².